The van der Waals surface area contributed by atoms with E-state index < -0.39 is 56.1 Å². The maximum absolute atomic E-state index is 15.7. The van der Waals surface area contributed by atoms with Crippen LogP contribution < -0.4 is 24.6 Å². The Bertz CT molecular complexity index is 2620. The van der Waals surface area contributed by atoms with E-state index in [0.717, 1.165) is 21.9 Å². The summed E-state index contributed by atoms with van der Waals surface area (Å²) in [7, 11) is -1.10. The quantitative estimate of drug-likeness (QED) is 0.115. The number of ether oxygens (including phenoxy) is 4. The van der Waals surface area contributed by atoms with Gasteiger partial charge in [0.1, 0.15) is 5.75 Å². The summed E-state index contributed by atoms with van der Waals surface area (Å²) < 4.78 is 23.7. The number of hydrogen-bond donors (Lipinski definition) is 1. The first kappa shape index (κ1) is 44.8. The van der Waals surface area contributed by atoms with Crippen LogP contribution in [-0.4, -0.2) is 92.0 Å². The molecule has 344 valence electrons. The second-order valence-corrected chi connectivity index (χ2v) is 23.2. The molecule has 9 rings (SSSR count). The van der Waals surface area contributed by atoms with E-state index in [2.05, 4.69) is 25.2 Å². The van der Waals surface area contributed by atoms with Crippen LogP contribution in [0.5, 0.6) is 5.75 Å². The zero-order valence-electron chi connectivity index (χ0n) is 37.9. The van der Waals surface area contributed by atoms with Gasteiger partial charge < -0.3 is 33.9 Å². The Labute approximate surface area is 384 Å². The molecule has 0 bridgehead atoms. The summed E-state index contributed by atoms with van der Waals surface area (Å²) in [5.74, 6) is -1.77. The lowest BCUT2D eigenvalue weighted by molar-refractivity contribution is -0.155. The number of carbonyl (C=O) groups is 6. The lowest BCUT2D eigenvalue weighted by Crippen LogP contribution is -2.55. The van der Waals surface area contributed by atoms with Gasteiger partial charge in [-0.3, -0.25) is 38.6 Å². The molecular weight excluding hydrogens is 861 g/mol. The molecule has 0 radical (unpaired) electrons. The summed E-state index contributed by atoms with van der Waals surface area (Å²) in [6, 6.07) is 27.9. The van der Waals surface area contributed by atoms with Crippen molar-refractivity contribution < 1.29 is 52.8 Å². The van der Waals surface area contributed by atoms with E-state index in [1.807, 2.05) is 55.5 Å². The zero-order chi connectivity index (χ0) is 46.8. The minimum absolute atomic E-state index is 0.0180. The van der Waals surface area contributed by atoms with E-state index in [0.29, 0.717) is 41.3 Å². The average Bonchev–Trinajstić information content (AvgIpc) is 3.71. The molecule has 5 aliphatic heterocycles. The van der Waals surface area contributed by atoms with Gasteiger partial charge in [0.05, 0.1) is 65.4 Å². The third kappa shape index (κ3) is 7.54. The Hall–Kier alpha value is -6.36. The number of rotatable bonds is 12. The number of esters is 2. The molecule has 7 atom stereocenters. The van der Waals surface area contributed by atoms with Crippen molar-refractivity contribution in [2.24, 2.45) is 5.92 Å². The molecule has 0 saturated carbocycles. The van der Waals surface area contributed by atoms with Gasteiger partial charge in [-0.05, 0) is 71.1 Å². The Morgan fingerprint density at radius 3 is 2.00 bits per heavy atom. The van der Waals surface area contributed by atoms with Crippen molar-refractivity contribution in [1.82, 2.24) is 4.90 Å². The summed E-state index contributed by atoms with van der Waals surface area (Å²) in [6.07, 6.45) is -1.68. The van der Waals surface area contributed by atoms with Crippen LogP contribution in [0.25, 0.3) is 0 Å². The van der Waals surface area contributed by atoms with Crippen molar-refractivity contribution in [3.05, 3.63) is 113 Å². The summed E-state index contributed by atoms with van der Waals surface area (Å²) in [4.78, 5) is 86.4. The Morgan fingerprint density at radius 1 is 0.803 bits per heavy atom. The van der Waals surface area contributed by atoms with Crippen molar-refractivity contribution in [3.63, 3.8) is 0 Å². The van der Waals surface area contributed by atoms with Gasteiger partial charge in [0, 0.05) is 43.2 Å². The molecule has 4 aromatic carbocycles. The van der Waals surface area contributed by atoms with Gasteiger partial charge in [0.15, 0.2) is 18.1 Å². The Balaban J connectivity index is 1.12. The van der Waals surface area contributed by atoms with Crippen LogP contribution in [0.3, 0.4) is 0 Å². The number of methoxy groups -OCH3 is 1. The van der Waals surface area contributed by atoms with Gasteiger partial charge in [-0.1, -0.05) is 73.7 Å². The maximum atomic E-state index is 15.7. The molecule has 3 fully saturated rings. The molecular formula is C50H54N4O11Si. The molecule has 2 unspecified atom stereocenters. The summed E-state index contributed by atoms with van der Waals surface area (Å²) in [6.45, 7) is 9.31. The number of carbonyl (C=O) groups excluding carboxylic acids is 6. The first-order valence-corrected chi connectivity index (χ1v) is 25.5. The number of amides is 4. The maximum Gasteiger partial charge on any atom is 0.304 e. The number of hydrogen-bond acceptors (Lipinski definition) is 11. The van der Waals surface area contributed by atoms with E-state index in [1.165, 1.54) is 23.6 Å². The normalized spacial score (nSPS) is 25.6. The van der Waals surface area contributed by atoms with E-state index in [9.17, 15) is 29.1 Å². The van der Waals surface area contributed by atoms with Gasteiger partial charge in [-0.25, -0.2) is 0 Å². The van der Waals surface area contributed by atoms with Crippen LogP contribution >= 0.6 is 0 Å². The van der Waals surface area contributed by atoms with Crippen molar-refractivity contribution in [1.29, 1.82) is 0 Å². The number of benzene rings is 4. The number of anilines is 3. The molecule has 0 aliphatic carbocycles. The number of aliphatic hydroxyl groups excluding tert-OH is 1. The van der Waals surface area contributed by atoms with Crippen LogP contribution in [0.2, 0.25) is 18.6 Å². The fraction of sp³-hybridized carbons (Fsp3) is 0.400. The standard InChI is InChI=1S/C50H54N4O11Si/c1-29-48(66(5,6)39-18-16-38(62-4)17-19-39)42(23-43(58)51-27-34-10-8-7-9-33(34)21-37(51)28-55)65-50(29)40-22-36(54-45(60)25-47(54)64-31(3)57)15-20-41(40)52(49(50)61)26-32-11-13-35(14-12-32)53-44(59)24-46(53)63-30(2)56/h7-20,22,29,37,42,46-48,55H,21,23-28H2,1-6H3/t29-,37-,42+,46?,47?,48-,50+/m0/s1. The Kier molecular flexibility index (Phi) is 11.6. The topological polar surface area (TPSA) is 173 Å². The highest BCUT2D eigenvalue weighted by Gasteiger charge is 2.67. The van der Waals surface area contributed by atoms with Crippen molar-refractivity contribution in [3.8, 4) is 5.75 Å². The molecule has 16 heteroatoms. The fourth-order valence-electron chi connectivity index (χ4n) is 11.1. The molecule has 5 heterocycles. The molecule has 66 heavy (non-hydrogen) atoms. The molecule has 4 amide bonds. The summed E-state index contributed by atoms with van der Waals surface area (Å²) >= 11 is 0. The third-order valence-electron chi connectivity index (χ3n) is 14.3. The van der Waals surface area contributed by atoms with Gasteiger partial charge >= 0.3 is 11.9 Å². The smallest absolute Gasteiger partial charge is 0.304 e. The molecule has 1 N–H and O–H groups in total. The molecule has 1 spiro atoms. The predicted octanol–water partition coefficient (Wildman–Crippen LogP) is 5.05. The highest BCUT2D eigenvalue weighted by Crippen LogP contribution is 2.61. The highest BCUT2D eigenvalue weighted by atomic mass is 28.3. The molecule has 15 nitrogen and oxygen atoms in total. The van der Waals surface area contributed by atoms with Crippen LogP contribution in [-0.2, 0) is 68.1 Å². The number of β-lactam (4-membered cyclic amide) rings is 2. The molecule has 5 aliphatic rings. The second-order valence-electron chi connectivity index (χ2n) is 18.5. The summed E-state index contributed by atoms with van der Waals surface area (Å²) in [5, 5.41) is 11.7. The van der Waals surface area contributed by atoms with Crippen LogP contribution in [0.1, 0.15) is 62.3 Å². The largest absolute Gasteiger partial charge is 0.497 e. The third-order valence-corrected chi connectivity index (χ3v) is 18.7. The number of aliphatic hydroxyl groups is 1. The Morgan fingerprint density at radius 2 is 1.41 bits per heavy atom. The van der Waals surface area contributed by atoms with Crippen LogP contribution in [0.15, 0.2) is 91.0 Å². The van der Waals surface area contributed by atoms with Crippen LogP contribution in [0, 0.1) is 5.92 Å². The van der Waals surface area contributed by atoms with Gasteiger partial charge in [0.2, 0.25) is 17.7 Å². The molecule has 4 aromatic rings. The molecule has 0 aromatic heterocycles. The fourth-order valence-corrected chi connectivity index (χ4v) is 15.1. The minimum Gasteiger partial charge on any atom is -0.497 e. The van der Waals surface area contributed by atoms with E-state index in [1.54, 1.807) is 47.2 Å². The monoisotopic (exact) mass is 914 g/mol. The van der Waals surface area contributed by atoms with E-state index >= 15 is 4.79 Å². The van der Waals surface area contributed by atoms with Gasteiger partial charge in [-0.2, -0.15) is 0 Å². The summed E-state index contributed by atoms with van der Waals surface area (Å²) in [5.41, 5.74) is 3.00. The van der Waals surface area contributed by atoms with Crippen molar-refractivity contribution in [2.45, 2.75) is 108 Å². The van der Waals surface area contributed by atoms with Gasteiger partial charge in [-0.15, -0.1) is 0 Å². The highest BCUT2D eigenvalue weighted by molar-refractivity contribution is 6.91. The first-order valence-electron chi connectivity index (χ1n) is 22.4. The predicted molar refractivity (Wildman–Crippen MR) is 245 cm³/mol. The SMILES string of the molecule is COc1ccc([Si](C)(C)[C@@H]2[C@@H](CC(=O)N3Cc4ccccc4C[C@H]3CO)O[C@]3(C(=O)N(Cc4ccc(N5C(=O)CC5OC(C)=O)cc4)c4ccc(N5C(=O)CC5OC(C)=O)cc43)[C@H]2C)cc1. The first-order chi connectivity index (χ1) is 31.5. The van der Waals surface area contributed by atoms with Crippen LogP contribution in [0.4, 0.5) is 17.1 Å². The van der Waals surface area contributed by atoms with Crippen molar-refractivity contribution >= 4 is 65.9 Å². The zero-order valence-corrected chi connectivity index (χ0v) is 38.9. The lowest BCUT2D eigenvalue weighted by atomic mass is 9.82. The molecule has 3 saturated heterocycles. The average molecular weight is 915 g/mol. The van der Waals surface area contributed by atoms with E-state index in [4.69, 9.17) is 18.9 Å². The second kappa shape index (κ2) is 17.1. The number of nitrogens with zero attached hydrogens (tertiary/aromatic N) is 4. The van der Waals surface area contributed by atoms with Gasteiger partial charge in [0.25, 0.3) is 5.91 Å². The number of fused-ring (bicyclic) bond motifs is 3. The van der Waals surface area contributed by atoms with Crippen molar-refractivity contribution in [2.75, 3.05) is 28.4 Å². The van der Waals surface area contributed by atoms with E-state index in [-0.39, 0.29) is 61.6 Å². The minimum atomic E-state index is -2.71. The lowest BCUT2D eigenvalue weighted by Gasteiger charge is -2.39.